The van der Waals surface area contributed by atoms with Gasteiger partial charge in [0.25, 0.3) is 0 Å². The highest BCUT2D eigenvalue weighted by atomic mass is 32.2. The highest BCUT2D eigenvalue weighted by molar-refractivity contribution is 7.90. The smallest absolute Gasteiger partial charge is 0.232 e. The number of aromatic nitrogens is 2. The zero-order valence-corrected chi connectivity index (χ0v) is 16.1. The molecule has 0 spiro atoms. The summed E-state index contributed by atoms with van der Waals surface area (Å²) in [7, 11) is -3.29. The maximum absolute atomic E-state index is 12.4. The summed E-state index contributed by atoms with van der Waals surface area (Å²) in [6, 6.07) is 10.4. The highest BCUT2D eigenvalue weighted by Crippen LogP contribution is 2.28. The molecule has 4 rings (SSSR count). The van der Waals surface area contributed by atoms with Crippen molar-refractivity contribution in [3.63, 3.8) is 0 Å². The number of hydrogen-bond donors (Lipinski definition) is 1. The number of nitrogens with one attached hydrogen (secondary N) is 1. The van der Waals surface area contributed by atoms with E-state index in [1.54, 1.807) is 12.1 Å². The molecule has 1 amide bonds. The van der Waals surface area contributed by atoms with E-state index in [0.717, 1.165) is 17.2 Å². The Morgan fingerprint density at radius 2 is 2.04 bits per heavy atom. The summed E-state index contributed by atoms with van der Waals surface area (Å²) in [4.78, 5) is 16.9. The van der Waals surface area contributed by atoms with E-state index in [1.165, 1.54) is 17.4 Å². The van der Waals surface area contributed by atoms with Gasteiger partial charge < -0.3 is 9.84 Å². The number of nitrogens with zero attached hydrogens (tertiary/aromatic N) is 2. The van der Waals surface area contributed by atoms with Gasteiger partial charge in [0.2, 0.25) is 5.91 Å². The molecular weight excluding hydrogens is 386 g/mol. The standard InChI is InChI=1S/C18H15N3O4S2/c1-10-3-6-15-12(7-10)14(21-25-15)9-17(22)20-18-19-13-5-4-11(27(2,23)24)8-16(13)26-18/h3-8H,9H2,1-2H3,(H,19,20,22). The second-order valence-corrected chi connectivity index (χ2v) is 9.32. The van der Waals surface area contributed by atoms with E-state index in [4.69, 9.17) is 4.52 Å². The average molecular weight is 401 g/mol. The second kappa shape index (κ2) is 6.43. The first-order valence-corrected chi connectivity index (χ1v) is 10.8. The molecule has 2 heterocycles. The van der Waals surface area contributed by atoms with Crippen molar-refractivity contribution in [1.29, 1.82) is 0 Å². The van der Waals surface area contributed by atoms with Crippen molar-refractivity contribution >= 4 is 53.4 Å². The first-order valence-electron chi connectivity index (χ1n) is 8.05. The number of carbonyl (C=O) groups is 1. The Labute approximate surface area is 158 Å². The maximum Gasteiger partial charge on any atom is 0.232 e. The quantitative estimate of drug-likeness (QED) is 0.563. The van der Waals surface area contributed by atoms with Gasteiger partial charge in [0.1, 0.15) is 5.69 Å². The number of fused-ring (bicyclic) bond motifs is 2. The second-order valence-electron chi connectivity index (χ2n) is 6.27. The van der Waals surface area contributed by atoms with Crippen LogP contribution in [0.15, 0.2) is 45.8 Å². The van der Waals surface area contributed by atoms with E-state index in [9.17, 15) is 13.2 Å². The zero-order chi connectivity index (χ0) is 19.2. The molecule has 0 aliphatic rings. The molecule has 0 fully saturated rings. The van der Waals surface area contributed by atoms with Crippen LogP contribution in [0.5, 0.6) is 0 Å². The Morgan fingerprint density at radius 1 is 1.22 bits per heavy atom. The SMILES string of the molecule is Cc1ccc2onc(CC(=O)Nc3nc4ccc(S(C)(=O)=O)cc4s3)c2c1. The van der Waals surface area contributed by atoms with Crippen LogP contribution in [0.1, 0.15) is 11.3 Å². The zero-order valence-electron chi connectivity index (χ0n) is 14.5. The summed E-state index contributed by atoms with van der Waals surface area (Å²) in [5, 5.41) is 7.94. The molecule has 0 saturated carbocycles. The highest BCUT2D eigenvalue weighted by Gasteiger charge is 2.15. The van der Waals surface area contributed by atoms with Crippen LogP contribution in [-0.4, -0.2) is 30.7 Å². The number of anilines is 1. The predicted molar refractivity (Wildman–Crippen MR) is 104 cm³/mol. The van der Waals surface area contributed by atoms with Crippen molar-refractivity contribution in [1.82, 2.24) is 10.1 Å². The number of carbonyl (C=O) groups excluding carboxylic acids is 1. The minimum atomic E-state index is -3.29. The minimum Gasteiger partial charge on any atom is -0.356 e. The number of sulfone groups is 1. The van der Waals surface area contributed by atoms with Gasteiger partial charge in [-0.2, -0.15) is 0 Å². The van der Waals surface area contributed by atoms with Gasteiger partial charge in [0, 0.05) is 11.6 Å². The van der Waals surface area contributed by atoms with E-state index in [2.05, 4.69) is 15.5 Å². The van der Waals surface area contributed by atoms with Crippen molar-refractivity contribution in [3.05, 3.63) is 47.7 Å². The molecule has 138 valence electrons. The van der Waals surface area contributed by atoms with Crippen LogP contribution in [-0.2, 0) is 21.1 Å². The summed E-state index contributed by atoms with van der Waals surface area (Å²) >= 11 is 1.22. The maximum atomic E-state index is 12.4. The van der Waals surface area contributed by atoms with Gasteiger partial charge in [-0.05, 0) is 37.3 Å². The number of hydrogen-bond acceptors (Lipinski definition) is 7. The molecule has 0 saturated heterocycles. The van der Waals surface area contributed by atoms with Crippen LogP contribution in [0.25, 0.3) is 21.2 Å². The lowest BCUT2D eigenvalue weighted by atomic mass is 10.1. The fourth-order valence-electron chi connectivity index (χ4n) is 2.73. The molecule has 1 N–H and O–H groups in total. The first kappa shape index (κ1) is 17.6. The van der Waals surface area contributed by atoms with Crippen LogP contribution < -0.4 is 5.32 Å². The Morgan fingerprint density at radius 3 is 2.81 bits per heavy atom. The molecule has 4 aromatic rings. The van der Waals surface area contributed by atoms with Gasteiger partial charge in [0.15, 0.2) is 20.6 Å². The molecule has 9 heteroatoms. The number of aryl methyl sites for hydroxylation is 1. The van der Waals surface area contributed by atoms with Crippen molar-refractivity contribution in [2.75, 3.05) is 11.6 Å². The van der Waals surface area contributed by atoms with Crippen LogP contribution >= 0.6 is 11.3 Å². The number of amides is 1. The van der Waals surface area contributed by atoms with Gasteiger partial charge in [-0.1, -0.05) is 28.1 Å². The van der Waals surface area contributed by atoms with E-state index in [1.807, 2.05) is 25.1 Å². The van der Waals surface area contributed by atoms with Gasteiger partial charge in [-0.3, -0.25) is 4.79 Å². The normalized spacial score (nSPS) is 11.9. The summed E-state index contributed by atoms with van der Waals surface area (Å²) < 4.78 is 29.3. The summed E-state index contributed by atoms with van der Waals surface area (Å²) in [5.41, 5.74) is 2.88. The van der Waals surface area contributed by atoms with Gasteiger partial charge in [0.05, 0.1) is 21.5 Å². The van der Waals surface area contributed by atoms with Crippen LogP contribution in [0.3, 0.4) is 0 Å². The third kappa shape index (κ3) is 3.56. The van der Waals surface area contributed by atoms with Gasteiger partial charge >= 0.3 is 0 Å². The Hall–Kier alpha value is -2.78. The number of rotatable bonds is 4. The fourth-order valence-corrected chi connectivity index (χ4v) is 4.38. The van der Waals surface area contributed by atoms with Gasteiger partial charge in [-0.25, -0.2) is 13.4 Å². The molecule has 27 heavy (non-hydrogen) atoms. The summed E-state index contributed by atoms with van der Waals surface area (Å²) in [5.74, 6) is -0.269. The van der Waals surface area contributed by atoms with E-state index in [0.29, 0.717) is 26.6 Å². The molecular formula is C18H15N3O4S2. The Balaban J connectivity index is 1.56. The molecule has 2 aromatic heterocycles. The third-order valence-corrected chi connectivity index (χ3v) is 6.11. The molecule has 0 bridgehead atoms. The van der Waals surface area contributed by atoms with Crippen LogP contribution in [0.2, 0.25) is 0 Å². The Bertz CT molecular complexity index is 1290. The Kier molecular flexibility index (Phi) is 4.20. The molecule has 7 nitrogen and oxygen atoms in total. The molecule has 0 atom stereocenters. The lowest BCUT2D eigenvalue weighted by Gasteiger charge is -1.99. The fraction of sp³-hybridized carbons (Fsp3) is 0.167. The summed E-state index contributed by atoms with van der Waals surface area (Å²) in [6.07, 6.45) is 1.21. The van der Waals surface area contributed by atoms with Crippen molar-refractivity contribution in [3.8, 4) is 0 Å². The van der Waals surface area contributed by atoms with E-state index >= 15 is 0 Å². The van der Waals surface area contributed by atoms with Crippen LogP contribution in [0, 0.1) is 6.92 Å². The predicted octanol–water partition coefficient (Wildman–Crippen LogP) is 3.33. The lowest BCUT2D eigenvalue weighted by molar-refractivity contribution is -0.115. The molecule has 0 radical (unpaired) electrons. The number of thiazole rings is 1. The molecule has 0 unspecified atom stereocenters. The van der Waals surface area contributed by atoms with Gasteiger partial charge in [-0.15, -0.1) is 0 Å². The van der Waals surface area contributed by atoms with Crippen molar-refractivity contribution in [2.45, 2.75) is 18.2 Å². The van der Waals surface area contributed by atoms with E-state index in [-0.39, 0.29) is 17.2 Å². The molecule has 0 aliphatic heterocycles. The van der Waals surface area contributed by atoms with Crippen molar-refractivity contribution in [2.24, 2.45) is 0 Å². The van der Waals surface area contributed by atoms with Crippen LogP contribution in [0.4, 0.5) is 5.13 Å². The molecule has 2 aromatic carbocycles. The number of benzene rings is 2. The van der Waals surface area contributed by atoms with Crippen molar-refractivity contribution < 1.29 is 17.7 Å². The summed E-state index contributed by atoms with van der Waals surface area (Å²) in [6.45, 7) is 1.96. The molecule has 0 aliphatic carbocycles. The largest absolute Gasteiger partial charge is 0.356 e. The van der Waals surface area contributed by atoms with E-state index < -0.39 is 9.84 Å². The minimum absolute atomic E-state index is 0.0565. The topological polar surface area (TPSA) is 102 Å². The average Bonchev–Trinajstić information content (AvgIpc) is 3.16. The lowest BCUT2D eigenvalue weighted by Crippen LogP contribution is -2.14. The first-order chi connectivity index (χ1) is 12.8. The monoisotopic (exact) mass is 401 g/mol. The third-order valence-electron chi connectivity index (χ3n) is 4.06.